The maximum atomic E-state index is 4.28. The number of hydrogen-bond donors (Lipinski definition) is 0. The van der Waals surface area contributed by atoms with E-state index in [1.807, 2.05) is 11.6 Å². The average molecular weight is 203 g/mol. The van der Waals surface area contributed by atoms with Gasteiger partial charge in [-0.15, -0.1) is 11.3 Å². The van der Waals surface area contributed by atoms with Crippen LogP contribution in [0.3, 0.4) is 0 Å². The molecule has 1 aromatic carbocycles. The van der Waals surface area contributed by atoms with Gasteiger partial charge in [0.05, 0.1) is 0 Å². The van der Waals surface area contributed by atoms with Crippen molar-refractivity contribution in [3.05, 3.63) is 41.4 Å². The topological polar surface area (TPSA) is 12.9 Å². The summed E-state index contributed by atoms with van der Waals surface area (Å²) in [6.07, 6.45) is 4.22. The van der Waals surface area contributed by atoms with E-state index in [0.717, 1.165) is 11.4 Å². The van der Waals surface area contributed by atoms with E-state index in [-0.39, 0.29) is 0 Å². The number of aromatic nitrogens is 1. The lowest BCUT2D eigenvalue weighted by Crippen LogP contribution is -1.82. The van der Waals surface area contributed by atoms with Gasteiger partial charge < -0.3 is 0 Å². The molecule has 0 unspecified atom stereocenters. The van der Waals surface area contributed by atoms with E-state index < -0.39 is 0 Å². The molecule has 0 aliphatic heterocycles. The molecule has 0 N–H and O–H groups in total. The van der Waals surface area contributed by atoms with Crippen LogP contribution in [0.15, 0.2) is 35.8 Å². The van der Waals surface area contributed by atoms with E-state index in [2.05, 4.69) is 36.2 Å². The van der Waals surface area contributed by atoms with Crippen molar-refractivity contribution in [3.63, 3.8) is 0 Å². The third-order valence-corrected chi connectivity index (χ3v) is 2.99. The summed E-state index contributed by atoms with van der Waals surface area (Å²) >= 11 is 1.68. The summed E-state index contributed by atoms with van der Waals surface area (Å²) < 4.78 is 0. The summed E-state index contributed by atoms with van der Waals surface area (Å²) in [5.41, 5.74) is 2.63. The Morgan fingerprint density at radius 1 is 1.21 bits per heavy atom. The van der Waals surface area contributed by atoms with Gasteiger partial charge in [0.15, 0.2) is 0 Å². The van der Waals surface area contributed by atoms with Crippen LogP contribution in [0, 0.1) is 0 Å². The number of benzene rings is 1. The second-order valence-corrected chi connectivity index (χ2v) is 4.18. The van der Waals surface area contributed by atoms with Crippen LogP contribution >= 0.6 is 11.3 Å². The van der Waals surface area contributed by atoms with Gasteiger partial charge in [-0.1, -0.05) is 37.6 Å². The van der Waals surface area contributed by atoms with Gasteiger partial charge in [-0.2, -0.15) is 0 Å². The fraction of sp³-hybridized carbons (Fsp3) is 0.250. The lowest BCUT2D eigenvalue weighted by molar-refractivity contribution is 0.922. The first-order chi connectivity index (χ1) is 6.90. The van der Waals surface area contributed by atoms with Gasteiger partial charge in [0, 0.05) is 17.1 Å². The predicted molar refractivity (Wildman–Crippen MR) is 61.5 cm³/mol. The normalized spacial score (nSPS) is 10.4. The first kappa shape index (κ1) is 9.41. The highest BCUT2D eigenvalue weighted by atomic mass is 32.1. The van der Waals surface area contributed by atoms with E-state index in [4.69, 9.17) is 0 Å². The molecule has 1 nitrogen and oxygen atoms in total. The Kier molecular flexibility index (Phi) is 2.94. The lowest BCUT2D eigenvalue weighted by atomic mass is 10.1. The largest absolute Gasteiger partial charge is 0.245 e. The molecular formula is C12H13NS. The standard InChI is InChI=1S/C12H13NS/c1-2-3-10-4-6-11(7-5-10)12-13-8-9-14-12/h4-9H,2-3H2,1H3. The molecule has 1 aromatic heterocycles. The Bertz CT molecular complexity index is 375. The van der Waals surface area contributed by atoms with Gasteiger partial charge in [0.2, 0.25) is 0 Å². The Morgan fingerprint density at radius 3 is 2.57 bits per heavy atom. The second kappa shape index (κ2) is 4.38. The Hall–Kier alpha value is -1.15. The number of hydrogen-bond acceptors (Lipinski definition) is 2. The highest BCUT2D eigenvalue weighted by molar-refractivity contribution is 7.13. The zero-order valence-corrected chi connectivity index (χ0v) is 9.05. The molecule has 72 valence electrons. The minimum Gasteiger partial charge on any atom is -0.245 e. The van der Waals surface area contributed by atoms with Gasteiger partial charge in [-0.3, -0.25) is 0 Å². The number of aryl methyl sites for hydroxylation is 1. The van der Waals surface area contributed by atoms with E-state index in [1.165, 1.54) is 17.5 Å². The predicted octanol–water partition coefficient (Wildman–Crippen LogP) is 3.76. The molecule has 0 spiro atoms. The van der Waals surface area contributed by atoms with Crippen LogP contribution in [0.5, 0.6) is 0 Å². The molecule has 0 saturated heterocycles. The molecule has 0 aliphatic rings. The second-order valence-electron chi connectivity index (χ2n) is 3.28. The van der Waals surface area contributed by atoms with E-state index >= 15 is 0 Å². The maximum absolute atomic E-state index is 4.28. The Labute approximate surface area is 88.4 Å². The van der Waals surface area contributed by atoms with Crippen LogP contribution < -0.4 is 0 Å². The average Bonchev–Trinajstić information content (AvgIpc) is 2.72. The first-order valence-corrected chi connectivity index (χ1v) is 5.77. The molecule has 0 radical (unpaired) electrons. The van der Waals surface area contributed by atoms with Crippen molar-refractivity contribution in [2.45, 2.75) is 19.8 Å². The van der Waals surface area contributed by atoms with E-state index in [9.17, 15) is 0 Å². The SMILES string of the molecule is CCCc1ccc(-c2nccs2)cc1. The monoisotopic (exact) mass is 203 g/mol. The van der Waals surface area contributed by atoms with Crippen LogP contribution in [0.25, 0.3) is 10.6 Å². The highest BCUT2D eigenvalue weighted by Gasteiger charge is 1.99. The van der Waals surface area contributed by atoms with Crippen molar-refractivity contribution < 1.29 is 0 Å². The van der Waals surface area contributed by atoms with Gasteiger partial charge in [0.25, 0.3) is 0 Å². The van der Waals surface area contributed by atoms with Gasteiger partial charge >= 0.3 is 0 Å². The van der Waals surface area contributed by atoms with Crippen molar-refractivity contribution in [1.29, 1.82) is 0 Å². The summed E-state index contributed by atoms with van der Waals surface area (Å²) in [7, 11) is 0. The fourth-order valence-corrected chi connectivity index (χ4v) is 2.11. The molecule has 1 heterocycles. The van der Waals surface area contributed by atoms with Crippen molar-refractivity contribution in [3.8, 4) is 10.6 Å². The first-order valence-electron chi connectivity index (χ1n) is 4.89. The molecular weight excluding hydrogens is 190 g/mol. The molecule has 14 heavy (non-hydrogen) atoms. The van der Waals surface area contributed by atoms with Crippen LogP contribution in [0.1, 0.15) is 18.9 Å². The minimum absolute atomic E-state index is 1.10. The summed E-state index contributed by atoms with van der Waals surface area (Å²) in [5.74, 6) is 0. The highest BCUT2D eigenvalue weighted by Crippen LogP contribution is 2.21. The summed E-state index contributed by atoms with van der Waals surface area (Å²) in [5, 5.41) is 3.11. The van der Waals surface area contributed by atoms with Crippen LogP contribution in [0.2, 0.25) is 0 Å². The molecule has 0 fully saturated rings. The molecule has 0 atom stereocenters. The van der Waals surface area contributed by atoms with E-state index in [0.29, 0.717) is 0 Å². The van der Waals surface area contributed by atoms with Crippen molar-refractivity contribution in [2.75, 3.05) is 0 Å². The third-order valence-electron chi connectivity index (χ3n) is 2.17. The smallest absolute Gasteiger partial charge is 0.123 e. The summed E-state index contributed by atoms with van der Waals surface area (Å²) in [6, 6.07) is 8.70. The van der Waals surface area contributed by atoms with Gasteiger partial charge in [-0.05, 0) is 12.0 Å². The molecule has 0 aliphatic carbocycles. The van der Waals surface area contributed by atoms with Crippen molar-refractivity contribution in [1.82, 2.24) is 4.98 Å². The zero-order chi connectivity index (χ0) is 9.80. The molecule has 2 rings (SSSR count). The Morgan fingerprint density at radius 2 is 2.00 bits per heavy atom. The third kappa shape index (κ3) is 2.02. The number of rotatable bonds is 3. The minimum atomic E-state index is 1.10. The zero-order valence-electron chi connectivity index (χ0n) is 8.23. The molecule has 0 amide bonds. The molecule has 0 saturated carbocycles. The van der Waals surface area contributed by atoms with Crippen LogP contribution in [-0.4, -0.2) is 4.98 Å². The van der Waals surface area contributed by atoms with Gasteiger partial charge in [-0.25, -0.2) is 4.98 Å². The number of thiazole rings is 1. The van der Waals surface area contributed by atoms with Crippen LogP contribution in [-0.2, 0) is 6.42 Å². The summed E-state index contributed by atoms with van der Waals surface area (Å²) in [4.78, 5) is 4.28. The number of nitrogens with zero attached hydrogens (tertiary/aromatic N) is 1. The van der Waals surface area contributed by atoms with Crippen LogP contribution in [0.4, 0.5) is 0 Å². The quantitative estimate of drug-likeness (QED) is 0.740. The fourth-order valence-electron chi connectivity index (χ4n) is 1.47. The molecule has 2 aromatic rings. The maximum Gasteiger partial charge on any atom is 0.123 e. The molecule has 0 bridgehead atoms. The summed E-state index contributed by atoms with van der Waals surface area (Å²) in [6.45, 7) is 2.20. The lowest BCUT2D eigenvalue weighted by Gasteiger charge is -1.99. The Balaban J connectivity index is 2.22. The molecule has 2 heteroatoms. The van der Waals surface area contributed by atoms with Crippen molar-refractivity contribution in [2.24, 2.45) is 0 Å². The van der Waals surface area contributed by atoms with Gasteiger partial charge in [0.1, 0.15) is 5.01 Å². The van der Waals surface area contributed by atoms with Crippen molar-refractivity contribution >= 4 is 11.3 Å². The van der Waals surface area contributed by atoms with E-state index in [1.54, 1.807) is 11.3 Å².